The molecule has 3 heterocycles. The maximum Gasteiger partial charge on any atom is 0.147 e. The van der Waals surface area contributed by atoms with Crippen LogP contribution in [-0.2, 0) is 23.7 Å². The van der Waals surface area contributed by atoms with Gasteiger partial charge in [0, 0.05) is 56.9 Å². The van der Waals surface area contributed by atoms with E-state index in [9.17, 15) is 10.2 Å². The number of phenolic OH excluding ortho intramolecular Hbond substituents is 2. The number of hydrogen-bond acceptors (Lipinski definition) is 3. The van der Waals surface area contributed by atoms with E-state index in [-0.39, 0.29) is 22.3 Å². The molecule has 0 aliphatic carbocycles. The van der Waals surface area contributed by atoms with E-state index >= 15 is 0 Å². The number of nitrogens with zero attached hydrogens (tertiary/aromatic N) is 3. The van der Waals surface area contributed by atoms with Crippen LogP contribution in [0.3, 0.4) is 0 Å². The molecule has 11 rings (SSSR count). The van der Waals surface area contributed by atoms with Gasteiger partial charge in [-0.1, -0.05) is 169 Å². The van der Waals surface area contributed by atoms with Gasteiger partial charge in [-0.25, -0.2) is 0 Å². The Kier molecular flexibility index (Phi) is 10.3. The predicted octanol–water partition coefficient (Wildman–Crippen LogP) is 15.8. The first kappa shape index (κ1) is 42.7. The highest BCUT2D eigenvalue weighted by Crippen LogP contribution is 2.46. The summed E-state index contributed by atoms with van der Waals surface area (Å²) in [5.74, 6) is 0.491. The molecule has 5 heteroatoms. The van der Waals surface area contributed by atoms with Crippen LogP contribution in [0.2, 0.25) is 0 Å². The Bertz CT molecular complexity index is 3390. The fourth-order valence-electron chi connectivity index (χ4n) is 10.2. The third-order valence-electron chi connectivity index (χ3n) is 13.8. The lowest BCUT2D eigenvalue weighted by Gasteiger charge is -2.24. The van der Waals surface area contributed by atoms with Crippen molar-refractivity contribution in [2.75, 3.05) is 0 Å². The molecule has 0 amide bonds. The van der Waals surface area contributed by atoms with Gasteiger partial charge in [-0.2, -0.15) is 0 Å². The Morgan fingerprint density at radius 2 is 0.691 bits per heavy atom. The van der Waals surface area contributed by atoms with Crippen molar-refractivity contribution in [2.45, 2.75) is 65.2 Å². The molecule has 0 saturated heterocycles. The normalized spacial score (nSPS) is 12.2. The second-order valence-electron chi connectivity index (χ2n) is 20.3. The van der Waals surface area contributed by atoms with Crippen LogP contribution in [0.25, 0.3) is 77.2 Å². The summed E-state index contributed by atoms with van der Waals surface area (Å²) in [6.45, 7) is 13.4. The summed E-state index contributed by atoms with van der Waals surface area (Å²) in [7, 11) is 0. The van der Waals surface area contributed by atoms with Gasteiger partial charge in [-0.3, -0.25) is 4.98 Å². The van der Waals surface area contributed by atoms with Crippen molar-refractivity contribution in [2.24, 2.45) is 0 Å². The summed E-state index contributed by atoms with van der Waals surface area (Å²) < 4.78 is 4.43. The van der Waals surface area contributed by atoms with Gasteiger partial charge in [0.1, 0.15) is 11.5 Å². The number of hydrogen-bond donors (Lipinski definition) is 2. The first-order valence-corrected chi connectivity index (χ1v) is 23.7. The highest BCUT2D eigenvalue weighted by Gasteiger charge is 2.26. The molecular weight excluding hydrogens is 831 g/mol. The van der Waals surface area contributed by atoms with Crippen molar-refractivity contribution >= 4 is 43.6 Å². The van der Waals surface area contributed by atoms with Gasteiger partial charge in [0.15, 0.2) is 0 Å². The Labute approximate surface area is 398 Å². The van der Waals surface area contributed by atoms with E-state index in [1.807, 2.05) is 0 Å². The van der Waals surface area contributed by atoms with Crippen LogP contribution in [0.5, 0.6) is 11.5 Å². The third kappa shape index (κ3) is 7.39. The van der Waals surface area contributed by atoms with Gasteiger partial charge in [0.2, 0.25) is 0 Å². The van der Waals surface area contributed by atoms with Crippen LogP contribution < -0.4 is 0 Å². The fraction of sp³-hybridized carbons (Fsp3) is 0.159. The first-order chi connectivity index (χ1) is 32.8. The summed E-state index contributed by atoms with van der Waals surface area (Å²) in [6, 6.07) is 65.5. The number of aromatic nitrogens is 3. The molecule has 8 aromatic carbocycles. The standard InChI is InChI=1S/C63H55N3O2/c1-62(2,3)42-36-52(60(67)58(38-42)65-54-30-15-11-26-48(54)49-27-12-16-31-55(49)65)46-24-9-7-20-40(46)34-44-22-19-23-45(64-44)35-41-21-8-10-25-47(41)53-37-43(63(4,5)6)39-59(61(53)68)66-56-32-17-13-28-50(56)51-29-14-18-33-57(51)66/h7-33,36-39,67-68H,34-35H2,1-6H3. The molecule has 3 aromatic heterocycles. The van der Waals surface area contributed by atoms with Crippen molar-refractivity contribution in [3.63, 3.8) is 0 Å². The largest absolute Gasteiger partial charge is 0.505 e. The molecule has 68 heavy (non-hydrogen) atoms. The highest BCUT2D eigenvalue weighted by molar-refractivity contribution is 6.10. The van der Waals surface area contributed by atoms with E-state index < -0.39 is 0 Å². The molecule has 0 saturated carbocycles. The molecule has 0 atom stereocenters. The summed E-state index contributed by atoms with van der Waals surface area (Å²) in [5, 5.41) is 29.7. The zero-order chi connectivity index (χ0) is 46.9. The minimum Gasteiger partial charge on any atom is -0.505 e. The van der Waals surface area contributed by atoms with Gasteiger partial charge in [0.05, 0.1) is 33.4 Å². The molecule has 11 aromatic rings. The summed E-state index contributed by atoms with van der Waals surface area (Å²) in [6.07, 6.45) is 1.15. The number of rotatable bonds is 8. The quantitative estimate of drug-likeness (QED) is 0.160. The number of fused-ring (bicyclic) bond motifs is 6. The molecule has 0 fully saturated rings. The molecule has 0 aliphatic rings. The van der Waals surface area contributed by atoms with Crippen LogP contribution in [0, 0.1) is 0 Å². The molecule has 5 nitrogen and oxygen atoms in total. The van der Waals surface area contributed by atoms with Crippen LogP contribution in [0.15, 0.2) is 188 Å². The van der Waals surface area contributed by atoms with Crippen molar-refractivity contribution in [3.8, 4) is 45.1 Å². The molecule has 0 aliphatic heterocycles. The number of pyridine rings is 1. The van der Waals surface area contributed by atoms with Gasteiger partial charge < -0.3 is 19.3 Å². The molecule has 0 bridgehead atoms. The number of aromatic hydroxyl groups is 2. The third-order valence-corrected chi connectivity index (χ3v) is 13.8. The number of benzene rings is 8. The average Bonchev–Trinajstić information content (AvgIpc) is 3.85. The summed E-state index contributed by atoms with van der Waals surface area (Å²) >= 11 is 0. The first-order valence-electron chi connectivity index (χ1n) is 23.7. The molecule has 334 valence electrons. The van der Waals surface area contributed by atoms with Crippen molar-refractivity contribution in [1.29, 1.82) is 0 Å². The Morgan fingerprint density at radius 3 is 1.04 bits per heavy atom. The highest BCUT2D eigenvalue weighted by atomic mass is 16.3. The van der Waals surface area contributed by atoms with Gasteiger partial charge in [-0.15, -0.1) is 0 Å². The van der Waals surface area contributed by atoms with E-state index in [0.29, 0.717) is 12.8 Å². The van der Waals surface area contributed by atoms with E-state index in [0.717, 1.165) is 111 Å². The molecule has 0 unspecified atom stereocenters. The van der Waals surface area contributed by atoms with Crippen LogP contribution in [0.1, 0.15) is 75.2 Å². The Hall–Kier alpha value is -7.89. The minimum atomic E-state index is -0.186. The van der Waals surface area contributed by atoms with Crippen molar-refractivity contribution in [3.05, 3.63) is 222 Å². The summed E-state index contributed by atoms with van der Waals surface area (Å²) in [5.41, 5.74) is 15.2. The topological polar surface area (TPSA) is 63.2 Å². The van der Waals surface area contributed by atoms with Crippen LogP contribution >= 0.6 is 0 Å². The van der Waals surface area contributed by atoms with E-state index in [1.54, 1.807) is 0 Å². The van der Waals surface area contributed by atoms with Crippen molar-refractivity contribution < 1.29 is 10.2 Å². The predicted molar refractivity (Wildman–Crippen MR) is 283 cm³/mol. The lowest BCUT2D eigenvalue weighted by Crippen LogP contribution is -2.12. The minimum absolute atomic E-state index is 0.186. The van der Waals surface area contributed by atoms with Crippen molar-refractivity contribution in [1.82, 2.24) is 14.1 Å². The molecule has 0 radical (unpaired) electrons. The van der Waals surface area contributed by atoms with Gasteiger partial charge in [-0.05, 0) is 105 Å². The zero-order valence-electron chi connectivity index (χ0n) is 39.5. The number of phenols is 2. The maximum absolute atomic E-state index is 12.5. The smallest absolute Gasteiger partial charge is 0.147 e. The monoisotopic (exact) mass is 885 g/mol. The molecule has 2 N–H and O–H groups in total. The van der Waals surface area contributed by atoms with E-state index in [1.165, 1.54) is 0 Å². The lowest BCUT2D eigenvalue weighted by molar-refractivity contribution is 0.473. The SMILES string of the molecule is CC(C)(C)c1cc(-c2ccccc2Cc2cccc(Cc3ccccc3-c3cc(C(C)(C)C)cc(-n4c5ccccc5c5ccccc54)c3O)n2)c(O)c(-n2c3ccccc3c3ccccc32)c1. The van der Waals surface area contributed by atoms with Crippen LogP contribution in [-0.4, -0.2) is 24.3 Å². The van der Waals surface area contributed by atoms with Gasteiger partial charge >= 0.3 is 0 Å². The molecular formula is C63H55N3O2. The fourth-order valence-corrected chi connectivity index (χ4v) is 10.2. The van der Waals surface area contributed by atoms with Gasteiger partial charge in [0.25, 0.3) is 0 Å². The van der Waals surface area contributed by atoms with E-state index in [4.69, 9.17) is 4.98 Å². The Balaban J connectivity index is 0.980. The zero-order valence-corrected chi connectivity index (χ0v) is 39.5. The van der Waals surface area contributed by atoms with Crippen LogP contribution in [0.4, 0.5) is 0 Å². The average molecular weight is 886 g/mol. The number of para-hydroxylation sites is 4. The summed E-state index contributed by atoms with van der Waals surface area (Å²) in [4.78, 5) is 5.31. The lowest BCUT2D eigenvalue weighted by atomic mass is 9.83. The maximum atomic E-state index is 12.5. The Morgan fingerprint density at radius 1 is 0.368 bits per heavy atom. The second-order valence-corrected chi connectivity index (χ2v) is 20.3. The molecule has 0 spiro atoms. The van der Waals surface area contributed by atoms with E-state index in [2.05, 4.69) is 239 Å². The second kappa shape index (κ2) is 16.5.